The van der Waals surface area contributed by atoms with Crippen molar-refractivity contribution in [3.63, 3.8) is 0 Å². The summed E-state index contributed by atoms with van der Waals surface area (Å²) in [4.78, 5) is 32.7. The zero-order chi connectivity index (χ0) is 18.0. The normalized spacial score (nSPS) is 10.6. The van der Waals surface area contributed by atoms with Crippen molar-refractivity contribution in [2.45, 2.75) is 13.3 Å². The van der Waals surface area contributed by atoms with E-state index in [1.165, 1.54) is 23.7 Å². The van der Waals surface area contributed by atoms with E-state index in [0.29, 0.717) is 26.9 Å². The molecular weight excluding hydrogens is 360 g/mol. The van der Waals surface area contributed by atoms with E-state index in [1.807, 2.05) is 0 Å². The second-order valence-electron chi connectivity index (χ2n) is 5.38. The second-order valence-corrected chi connectivity index (χ2v) is 6.78. The van der Waals surface area contributed by atoms with Crippen LogP contribution in [-0.2, 0) is 6.42 Å². The molecule has 3 aromatic rings. The van der Waals surface area contributed by atoms with Crippen LogP contribution in [0.15, 0.2) is 42.0 Å². The van der Waals surface area contributed by atoms with Gasteiger partial charge in [-0.2, -0.15) is 0 Å². The molecule has 5 nitrogen and oxygen atoms in total. The van der Waals surface area contributed by atoms with Crippen LogP contribution in [-0.4, -0.2) is 26.8 Å². The number of carboxylic acid groups (broad SMARTS) is 1. The third kappa shape index (κ3) is 3.75. The molecule has 0 atom stereocenters. The number of hydrogen-bond acceptors (Lipinski definition) is 5. The molecular formula is C18H13ClN2O3S. The Kier molecular flexibility index (Phi) is 4.92. The third-order valence-corrected chi connectivity index (χ3v) is 4.90. The lowest BCUT2D eigenvalue weighted by Crippen LogP contribution is -2.08. The number of benzene rings is 1. The molecule has 0 saturated carbocycles. The van der Waals surface area contributed by atoms with Crippen LogP contribution in [0.25, 0.3) is 11.1 Å². The van der Waals surface area contributed by atoms with Crippen LogP contribution in [0.3, 0.4) is 0 Å². The van der Waals surface area contributed by atoms with Crippen LogP contribution >= 0.6 is 22.9 Å². The van der Waals surface area contributed by atoms with E-state index in [-0.39, 0.29) is 17.8 Å². The van der Waals surface area contributed by atoms with Gasteiger partial charge < -0.3 is 5.11 Å². The number of Topliss-reactive ketones (excluding diaryl/α,β-unsaturated/α-hetero) is 1. The summed E-state index contributed by atoms with van der Waals surface area (Å²) < 4.78 is 0. The average Bonchev–Trinajstić information content (AvgIpc) is 3.00. The molecule has 0 fully saturated rings. The minimum Gasteiger partial charge on any atom is -0.478 e. The first kappa shape index (κ1) is 17.3. The lowest BCUT2D eigenvalue weighted by atomic mass is 10.0. The zero-order valence-electron chi connectivity index (χ0n) is 13.2. The van der Waals surface area contributed by atoms with Gasteiger partial charge in [-0.3, -0.25) is 4.79 Å². The quantitative estimate of drug-likeness (QED) is 0.676. The molecule has 2 aromatic heterocycles. The fraction of sp³-hybridized carbons (Fsp3) is 0.111. The minimum absolute atomic E-state index is 0.00763. The van der Waals surface area contributed by atoms with E-state index >= 15 is 0 Å². The molecule has 25 heavy (non-hydrogen) atoms. The van der Waals surface area contributed by atoms with E-state index in [0.717, 1.165) is 5.56 Å². The van der Waals surface area contributed by atoms with Crippen molar-refractivity contribution in [3.8, 4) is 11.1 Å². The first-order valence-corrected chi connectivity index (χ1v) is 8.63. The van der Waals surface area contributed by atoms with Gasteiger partial charge in [-0.05, 0) is 30.0 Å². The number of nitrogens with zero attached hydrogens (tertiary/aromatic N) is 2. The van der Waals surface area contributed by atoms with Crippen molar-refractivity contribution >= 4 is 34.7 Å². The highest BCUT2D eigenvalue weighted by Crippen LogP contribution is 2.33. The fourth-order valence-corrected chi connectivity index (χ4v) is 3.56. The highest BCUT2D eigenvalue weighted by Gasteiger charge is 2.22. The number of carboxylic acids is 1. The van der Waals surface area contributed by atoms with Crippen molar-refractivity contribution in [3.05, 3.63) is 68.9 Å². The lowest BCUT2D eigenvalue weighted by molar-refractivity contribution is 0.0697. The molecule has 0 amide bonds. The van der Waals surface area contributed by atoms with Crippen LogP contribution in [0.1, 0.15) is 31.4 Å². The Morgan fingerprint density at radius 2 is 1.80 bits per heavy atom. The Balaban J connectivity index is 1.94. The van der Waals surface area contributed by atoms with Crippen molar-refractivity contribution < 1.29 is 14.7 Å². The number of aryl methyl sites for hydroxylation is 1. The van der Waals surface area contributed by atoms with E-state index in [2.05, 4.69) is 9.97 Å². The molecule has 2 heterocycles. The second kappa shape index (κ2) is 7.13. The van der Waals surface area contributed by atoms with Crippen LogP contribution < -0.4 is 0 Å². The summed E-state index contributed by atoms with van der Waals surface area (Å²) in [6.07, 6.45) is 2.91. The smallest absolute Gasteiger partial charge is 0.337 e. The van der Waals surface area contributed by atoms with Crippen LogP contribution in [0, 0.1) is 6.92 Å². The van der Waals surface area contributed by atoms with Crippen molar-refractivity contribution in [1.82, 2.24) is 9.97 Å². The van der Waals surface area contributed by atoms with Gasteiger partial charge >= 0.3 is 5.97 Å². The fourth-order valence-electron chi connectivity index (χ4n) is 2.39. The van der Waals surface area contributed by atoms with Gasteiger partial charge in [0.25, 0.3) is 0 Å². The molecule has 1 aromatic carbocycles. The topological polar surface area (TPSA) is 80.2 Å². The summed E-state index contributed by atoms with van der Waals surface area (Å²) in [6, 6.07) is 6.93. The molecule has 0 aliphatic carbocycles. The van der Waals surface area contributed by atoms with Gasteiger partial charge in [0, 0.05) is 34.3 Å². The van der Waals surface area contributed by atoms with Gasteiger partial charge in [0.15, 0.2) is 5.78 Å². The highest BCUT2D eigenvalue weighted by molar-refractivity contribution is 7.11. The summed E-state index contributed by atoms with van der Waals surface area (Å²) in [7, 11) is 0. The van der Waals surface area contributed by atoms with Gasteiger partial charge in [-0.25, -0.2) is 14.8 Å². The average molecular weight is 373 g/mol. The molecule has 0 unspecified atom stereocenters. The first-order chi connectivity index (χ1) is 12.0. The number of carbonyl (C=O) groups is 2. The molecule has 0 spiro atoms. The number of aromatic nitrogens is 2. The Hall–Kier alpha value is -2.57. The summed E-state index contributed by atoms with van der Waals surface area (Å²) in [5.74, 6) is -0.704. The molecule has 0 aliphatic rings. The number of thiophene rings is 1. The van der Waals surface area contributed by atoms with Crippen molar-refractivity contribution in [1.29, 1.82) is 0 Å². The van der Waals surface area contributed by atoms with Crippen LogP contribution in [0.2, 0.25) is 5.02 Å². The number of halogens is 1. The maximum atomic E-state index is 12.4. The predicted molar refractivity (Wildman–Crippen MR) is 96.5 cm³/mol. The number of aromatic carboxylic acids is 1. The molecule has 1 N–H and O–H groups in total. The van der Waals surface area contributed by atoms with E-state index in [1.54, 1.807) is 36.6 Å². The zero-order valence-corrected chi connectivity index (χ0v) is 14.8. The Morgan fingerprint density at radius 1 is 1.16 bits per heavy atom. The highest BCUT2D eigenvalue weighted by atomic mass is 35.5. The molecule has 0 saturated heterocycles. The molecule has 3 rings (SSSR count). The maximum Gasteiger partial charge on any atom is 0.337 e. The Morgan fingerprint density at radius 3 is 2.40 bits per heavy atom. The standard InChI is InChI=1S/C18H13ClN2O3S/c1-10-20-7-12(8-21-10)15(22)6-16-17(18(23)24)14(9-25-16)11-2-4-13(19)5-3-11/h2-5,7-9H,6H2,1H3,(H,23,24). The van der Waals surface area contributed by atoms with Gasteiger partial charge in [0.05, 0.1) is 11.1 Å². The SMILES string of the molecule is Cc1ncc(C(=O)Cc2scc(-c3ccc(Cl)cc3)c2C(=O)O)cn1. The molecule has 7 heteroatoms. The van der Waals surface area contributed by atoms with E-state index in [4.69, 9.17) is 11.6 Å². The number of rotatable bonds is 5. The Labute approximate surface area is 153 Å². The van der Waals surface area contributed by atoms with E-state index in [9.17, 15) is 14.7 Å². The minimum atomic E-state index is -1.06. The summed E-state index contributed by atoms with van der Waals surface area (Å²) in [5, 5.41) is 11.9. The first-order valence-electron chi connectivity index (χ1n) is 7.37. The lowest BCUT2D eigenvalue weighted by Gasteiger charge is -2.04. The largest absolute Gasteiger partial charge is 0.478 e. The predicted octanol–water partition coefficient (Wildman–Crippen LogP) is 4.29. The van der Waals surface area contributed by atoms with Crippen LogP contribution in [0.4, 0.5) is 0 Å². The molecule has 0 radical (unpaired) electrons. The van der Waals surface area contributed by atoms with Crippen molar-refractivity contribution in [2.24, 2.45) is 0 Å². The molecule has 126 valence electrons. The number of ketones is 1. The van der Waals surface area contributed by atoms with Gasteiger partial charge in [-0.15, -0.1) is 11.3 Å². The summed E-state index contributed by atoms with van der Waals surface area (Å²) >= 11 is 7.14. The van der Waals surface area contributed by atoms with Gasteiger partial charge in [-0.1, -0.05) is 23.7 Å². The van der Waals surface area contributed by atoms with Crippen molar-refractivity contribution in [2.75, 3.05) is 0 Å². The Bertz CT molecular complexity index is 934. The number of hydrogen-bond donors (Lipinski definition) is 1. The monoisotopic (exact) mass is 372 g/mol. The number of carbonyl (C=O) groups excluding carboxylic acids is 1. The van der Waals surface area contributed by atoms with Gasteiger partial charge in [0.1, 0.15) is 5.82 Å². The summed E-state index contributed by atoms with van der Waals surface area (Å²) in [5.41, 5.74) is 1.84. The van der Waals surface area contributed by atoms with E-state index < -0.39 is 5.97 Å². The maximum absolute atomic E-state index is 12.4. The summed E-state index contributed by atoms with van der Waals surface area (Å²) in [6.45, 7) is 1.73. The molecule has 0 aliphatic heterocycles. The third-order valence-electron chi connectivity index (χ3n) is 3.66. The van der Waals surface area contributed by atoms with Crippen LogP contribution in [0.5, 0.6) is 0 Å². The van der Waals surface area contributed by atoms with Gasteiger partial charge in [0.2, 0.25) is 0 Å². The molecule has 0 bridgehead atoms.